The number of piperidine rings is 1. The highest BCUT2D eigenvalue weighted by atomic mass is 16.5. The zero-order chi connectivity index (χ0) is 14.0. The van der Waals surface area contributed by atoms with Crippen LogP contribution < -0.4 is 4.74 Å². The van der Waals surface area contributed by atoms with E-state index in [-0.39, 0.29) is 0 Å². The number of fused-ring (bicyclic) bond motifs is 1. The highest BCUT2D eigenvalue weighted by Gasteiger charge is 2.41. The van der Waals surface area contributed by atoms with Gasteiger partial charge in [0, 0.05) is 24.3 Å². The van der Waals surface area contributed by atoms with Gasteiger partial charge in [0.1, 0.15) is 5.75 Å². The van der Waals surface area contributed by atoms with E-state index in [1.165, 1.54) is 19.4 Å². The minimum atomic E-state index is -0.732. The third-order valence-corrected chi connectivity index (χ3v) is 4.61. The fraction of sp³-hybridized carbons (Fsp3) is 0.688. The van der Waals surface area contributed by atoms with E-state index < -0.39 is 5.60 Å². The molecule has 3 heterocycles. The largest absolute Gasteiger partial charge is 0.492 e. The van der Waals surface area contributed by atoms with Crippen molar-refractivity contribution in [2.45, 2.75) is 50.7 Å². The van der Waals surface area contributed by atoms with Crippen molar-refractivity contribution in [2.75, 3.05) is 19.7 Å². The van der Waals surface area contributed by atoms with Crippen LogP contribution in [0.1, 0.15) is 44.6 Å². The second-order valence-electron chi connectivity index (χ2n) is 6.08. The summed E-state index contributed by atoms with van der Waals surface area (Å²) in [4.78, 5) is 6.76. The molecule has 0 aromatic carbocycles. The smallest absolute Gasteiger partial charge is 0.137 e. The normalized spacial score (nSPS) is 30.2. The summed E-state index contributed by atoms with van der Waals surface area (Å²) < 4.78 is 5.63. The van der Waals surface area contributed by atoms with Crippen LogP contribution in [0.15, 0.2) is 18.5 Å². The fourth-order valence-electron chi connectivity index (χ4n) is 3.48. The van der Waals surface area contributed by atoms with Crippen LogP contribution in [0, 0.1) is 0 Å². The summed E-state index contributed by atoms with van der Waals surface area (Å²) in [5.74, 6) is 0.770. The maximum absolute atomic E-state index is 11.0. The third-order valence-electron chi connectivity index (χ3n) is 4.61. The Hall–Kier alpha value is -1.13. The van der Waals surface area contributed by atoms with Gasteiger partial charge in [-0.15, -0.1) is 0 Å². The molecule has 110 valence electrons. The van der Waals surface area contributed by atoms with Crippen molar-refractivity contribution < 1.29 is 9.84 Å². The Morgan fingerprint density at radius 3 is 3.20 bits per heavy atom. The van der Waals surface area contributed by atoms with E-state index in [9.17, 15) is 5.11 Å². The molecule has 0 amide bonds. The standard InChI is InChI=1S/C16H24N2O2/c1-2-8-20-15-9-13(11-17-12-15)16(19)5-7-18-6-3-4-14(18)10-16/h9,11-12,14,19H,2-8,10H2,1H3. The van der Waals surface area contributed by atoms with Crippen LogP contribution in [0.3, 0.4) is 0 Å². The number of hydrogen-bond donors (Lipinski definition) is 1. The number of nitrogens with zero attached hydrogens (tertiary/aromatic N) is 2. The van der Waals surface area contributed by atoms with Gasteiger partial charge >= 0.3 is 0 Å². The van der Waals surface area contributed by atoms with E-state index >= 15 is 0 Å². The lowest BCUT2D eigenvalue weighted by atomic mass is 9.81. The van der Waals surface area contributed by atoms with Crippen LogP contribution in [0.5, 0.6) is 5.75 Å². The molecule has 2 fully saturated rings. The molecule has 3 rings (SSSR count). The number of ether oxygens (including phenoxy) is 1. The summed E-state index contributed by atoms with van der Waals surface area (Å²) in [6.07, 6.45) is 8.59. The van der Waals surface area contributed by atoms with Gasteiger partial charge in [0.05, 0.1) is 18.4 Å². The van der Waals surface area contributed by atoms with E-state index in [0.29, 0.717) is 12.6 Å². The van der Waals surface area contributed by atoms with E-state index in [0.717, 1.165) is 37.1 Å². The van der Waals surface area contributed by atoms with Gasteiger partial charge in [-0.05, 0) is 44.7 Å². The van der Waals surface area contributed by atoms with Crippen molar-refractivity contribution in [2.24, 2.45) is 0 Å². The summed E-state index contributed by atoms with van der Waals surface area (Å²) in [5, 5.41) is 11.0. The first-order chi connectivity index (χ1) is 9.71. The Bertz CT molecular complexity index is 466. The van der Waals surface area contributed by atoms with Crippen molar-refractivity contribution in [3.63, 3.8) is 0 Å². The first kappa shape index (κ1) is 13.8. The van der Waals surface area contributed by atoms with E-state index in [1.54, 1.807) is 12.4 Å². The predicted octanol–water partition coefficient (Wildman–Crippen LogP) is 2.32. The summed E-state index contributed by atoms with van der Waals surface area (Å²) >= 11 is 0. The zero-order valence-electron chi connectivity index (χ0n) is 12.2. The highest BCUT2D eigenvalue weighted by Crippen LogP contribution is 2.39. The van der Waals surface area contributed by atoms with Crippen LogP contribution in [0.4, 0.5) is 0 Å². The van der Waals surface area contributed by atoms with Gasteiger partial charge in [0.2, 0.25) is 0 Å². The summed E-state index contributed by atoms with van der Waals surface area (Å²) in [6.45, 7) is 4.96. The Morgan fingerprint density at radius 2 is 2.35 bits per heavy atom. The molecule has 1 aromatic rings. The molecular weight excluding hydrogens is 252 g/mol. The lowest BCUT2D eigenvalue weighted by molar-refractivity contribution is -0.0412. The van der Waals surface area contributed by atoms with Crippen molar-refractivity contribution in [3.8, 4) is 5.75 Å². The summed E-state index contributed by atoms with van der Waals surface area (Å²) in [7, 11) is 0. The molecule has 2 aliphatic rings. The van der Waals surface area contributed by atoms with Gasteiger partial charge in [-0.1, -0.05) is 6.92 Å². The number of hydrogen-bond acceptors (Lipinski definition) is 4. The zero-order valence-corrected chi connectivity index (χ0v) is 12.2. The van der Waals surface area contributed by atoms with Crippen molar-refractivity contribution in [1.29, 1.82) is 0 Å². The Kier molecular flexibility index (Phi) is 3.94. The van der Waals surface area contributed by atoms with Crippen LogP contribution in [0.2, 0.25) is 0 Å². The van der Waals surface area contributed by atoms with Gasteiger partial charge in [-0.3, -0.25) is 4.98 Å². The van der Waals surface area contributed by atoms with E-state index in [1.807, 2.05) is 6.07 Å². The molecular formula is C16H24N2O2. The molecule has 0 aliphatic carbocycles. The van der Waals surface area contributed by atoms with Crippen LogP contribution in [-0.2, 0) is 5.60 Å². The molecule has 0 spiro atoms. The van der Waals surface area contributed by atoms with E-state index in [4.69, 9.17) is 4.74 Å². The molecule has 4 heteroatoms. The topological polar surface area (TPSA) is 45.6 Å². The lowest BCUT2D eigenvalue weighted by Gasteiger charge is -2.41. The van der Waals surface area contributed by atoms with E-state index in [2.05, 4.69) is 16.8 Å². The fourth-order valence-corrected chi connectivity index (χ4v) is 3.48. The third kappa shape index (κ3) is 2.67. The molecule has 20 heavy (non-hydrogen) atoms. The number of rotatable bonds is 4. The number of aromatic nitrogens is 1. The highest BCUT2D eigenvalue weighted by molar-refractivity contribution is 5.29. The second-order valence-corrected chi connectivity index (χ2v) is 6.08. The molecule has 0 saturated carbocycles. The van der Waals surface area contributed by atoms with Gasteiger partial charge in [-0.2, -0.15) is 0 Å². The first-order valence-corrected chi connectivity index (χ1v) is 7.76. The monoisotopic (exact) mass is 276 g/mol. The van der Waals surface area contributed by atoms with Gasteiger partial charge < -0.3 is 14.7 Å². The maximum Gasteiger partial charge on any atom is 0.137 e. The van der Waals surface area contributed by atoms with Crippen LogP contribution >= 0.6 is 0 Å². The Balaban J connectivity index is 1.77. The van der Waals surface area contributed by atoms with Crippen molar-refractivity contribution >= 4 is 0 Å². The molecule has 1 N–H and O–H groups in total. The van der Waals surface area contributed by atoms with Gasteiger partial charge in [-0.25, -0.2) is 0 Å². The number of pyridine rings is 1. The molecule has 2 aliphatic heterocycles. The molecule has 1 aromatic heterocycles. The summed E-state index contributed by atoms with van der Waals surface area (Å²) in [6, 6.07) is 2.50. The SMILES string of the molecule is CCCOc1cncc(C2(O)CCN3CCCC3C2)c1. The minimum Gasteiger partial charge on any atom is -0.492 e. The summed E-state index contributed by atoms with van der Waals surface area (Å²) in [5.41, 5.74) is 0.182. The predicted molar refractivity (Wildman–Crippen MR) is 77.7 cm³/mol. The minimum absolute atomic E-state index is 0.536. The molecule has 0 radical (unpaired) electrons. The van der Waals surface area contributed by atoms with Gasteiger partial charge in [0.25, 0.3) is 0 Å². The van der Waals surface area contributed by atoms with Crippen LogP contribution in [0.25, 0.3) is 0 Å². The van der Waals surface area contributed by atoms with Crippen molar-refractivity contribution in [3.05, 3.63) is 24.0 Å². The average Bonchev–Trinajstić information content (AvgIpc) is 2.92. The Labute approximate surface area is 120 Å². The molecule has 4 nitrogen and oxygen atoms in total. The first-order valence-electron chi connectivity index (χ1n) is 7.76. The lowest BCUT2D eigenvalue weighted by Crippen LogP contribution is -2.46. The molecule has 2 atom stereocenters. The number of aliphatic hydroxyl groups is 1. The van der Waals surface area contributed by atoms with Crippen molar-refractivity contribution in [1.82, 2.24) is 9.88 Å². The molecule has 2 unspecified atom stereocenters. The van der Waals surface area contributed by atoms with Crippen LogP contribution in [-0.4, -0.2) is 40.7 Å². The quantitative estimate of drug-likeness (QED) is 0.916. The maximum atomic E-state index is 11.0. The molecule has 2 saturated heterocycles. The second kappa shape index (κ2) is 5.70. The Morgan fingerprint density at radius 1 is 1.45 bits per heavy atom. The average molecular weight is 276 g/mol. The molecule has 0 bridgehead atoms. The van der Waals surface area contributed by atoms with Gasteiger partial charge in [0.15, 0.2) is 0 Å².